The van der Waals surface area contributed by atoms with E-state index in [4.69, 9.17) is 10.5 Å². The zero-order valence-electron chi connectivity index (χ0n) is 10.8. The molecule has 3 N–H and O–H groups in total. The first-order chi connectivity index (χ1) is 9.06. The molecule has 0 bridgehead atoms. The molecule has 0 saturated carbocycles. The molecule has 0 atom stereocenters. The predicted octanol–water partition coefficient (Wildman–Crippen LogP) is 2.72. The fraction of sp³-hybridized carbons (Fsp3) is 0.462. The number of nitrogen functional groups attached to an aromatic ring is 1. The summed E-state index contributed by atoms with van der Waals surface area (Å²) in [6.07, 6.45) is 2.09. The molecule has 1 aromatic carbocycles. The van der Waals surface area contributed by atoms with Crippen molar-refractivity contribution >= 4 is 27.5 Å². The molecule has 0 spiro atoms. The second-order valence-corrected chi connectivity index (χ2v) is 4.93. The number of halogens is 2. The standard InChI is InChI=1S/C13H18BrFN2O2/c1-2-3-5-19-6-4-17-13(18)9-7-12(16)11(15)8-10(9)14/h7-8H,2-6,16H2,1H3,(H,17,18). The maximum Gasteiger partial charge on any atom is 0.252 e. The van der Waals surface area contributed by atoms with Gasteiger partial charge < -0.3 is 15.8 Å². The third-order valence-electron chi connectivity index (χ3n) is 2.51. The number of carbonyl (C=O) groups is 1. The van der Waals surface area contributed by atoms with Gasteiger partial charge in [-0.15, -0.1) is 0 Å². The van der Waals surface area contributed by atoms with Crippen molar-refractivity contribution in [2.75, 3.05) is 25.5 Å². The summed E-state index contributed by atoms with van der Waals surface area (Å²) >= 11 is 3.14. The van der Waals surface area contributed by atoms with E-state index in [1.165, 1.54) is 12.1 Å². The van der Waals surface area contributed by atoms with Crippen LogP contribution in [0.5, 0.6) is 0 Å². The van der Waals surface area contributed by atoms with Crippen molar-refractivity contribution < 1.29 is 13.9 Å². The van der Waals surface area contributed by atoms with Gasteiger partial charge in [0.25, 0.3) is 5.91 Å². The average molecular weight is 333 g/mol. The van der Waals surface area contributed by atoms with Crippen LogP contribution in [0, 0.1) is 5.82 Å². The van der Waals surface area contributed by atoms with Crippen LogP contribution in [0.4, 0.5) is 10.1 Å². The minimum Gasteiger partial charge on any atom is -0.396 e. The summed E-state index contributed by atoms with van der Waals surface area (Å²) in [6, 6.07) is 2.49. The van der Waals surface area contributed by atoms with Crippen LogP contribution in [0.25, 0.3) is 0 Å². The molecule has 1 amide bonds. The largest absolute Gasteiger partial charge is 0.396 e. The number of hydrogen-bond acceptors (Lipinski definition) is 3. The van der Waals surface area contributed by atoms with Gasteiger partial charge in [-0.1, -0.05) is 13.3 Å². The molecule has 0 saturated heterocycles. The Morgan fingerprint density at radius 2 is 2.21 bits per heavy atom. The normalized spacial score (nSPS) is 10.5. The fourth-order valence-electron chi connectivity index (χ4n) is 1.42. The van der Waals surface area contributed by atoms with Crippen molar-refractivity contribution in [1.82, 2.24) is 5.32 Å². The first kappa shape index (κ1) is 15.9. The SMILES string of the molecule is CCCCOCCNC(=O)c1cc(N)c(F)cc1Br. The third-order valence-corrected chi connectivity index (χ3v) is 3.16. The maximum absolute atomic E-state index is 13.1. The number of anilines is 1. The van der Waals surface area contributed by atoms with Crippen LogP contribution < -0.4 is 11.1 Å². The molecule has 19 heavy (non-hydrogen) atoms. The summed E-state index contributed by atoms with van der Waals surface area (Å²) in [4.78, 5) is 11.8. The van der Waals surface area contributed by atoms with E-state index in [0.717, 1.165) is 12.8 Å². The lowest BCUT2D eigenvalue weighted by molar-refractivity contribution is 0.0912. The first-order valence-electron chi connectivity index (χ1n) is 6.16. The van der Waals surface area contributed by atoms with Gasteiger partial charge in [-0.05, 0) is 34.5 Å². The van der Waals surface area contributed by atoms with E-state index in [1.54, 1.807) is 0 Å². The Labute approximate surface area is 120 Å². The number of ether oxygens (including phenoxy) is 1. The molecule has 0 fully saturated rings. The van der Waals surface area contributed by atoms with Gasteiger partial charge in [0.1, 0.15) is 5.82 Å². The monoisotopic (exact) mass is 332 g/mol. The number of amides is 1. The first-order valence-corrected chi connectivity index (χ1v) is 6.96. The fourth-order valence-corrected chi connectivity index (χ4v) is 1.92. The summed E-state index contributed by atoms with van der Waals surface area (Å²) in [6.45, 7) is 3.65. The van der Waals surface area contributed by atoms with Crippen LogP contribution in [0.2, 0.25) is 0 Å². The van der Waals surface area contributed by atoms with Crippen LogP contribution >= 0.6 is 15.9 Å². The number of hydrogen-bond donors (Lipinski definition) is 2. The average Bonchev–Trinajstić information content (AvgIpc) is 2.37. The molecular formula is C13H18BrFN2O2. The van der Waals surface area contributed by atoms with Crippen LogP contribution in [0.3, 0.4) is 0 Å². The lowest BCUT2D eigenvalue weighted by Gasteiger charge is -2.08. The Kier molecular flexibility index (Phi) is 6.80. The van der Waals surface area contributed by atoms with Gasteiger partial charge in [0.05, 0.1) is 17.9 Å². The van der Waals surface area contributed by atoms with E-state index in [9.17, 15) is 9.18 Å². The Morgan fingerprint density at radius 1 is 1.47 bits per heavy atom. The zero-order chi connectivity index (χ0) is 14.3. The van der Waals surface area contributed by atoms with Crippen molar-refractivity contribution in [2.24, 2.45) is 0 Å². The molecule has 1 aromatic rings. The van der Waals surface area contributed by atoms with Crippen molar-refractivity contribution in [3.05, 3.63) is 28.0 Å². The highest BCUT2D eigenvalue weighted by molar-refractivity contribution is 9.10. The van der Waals surface area contributed by atoms with Crippen molar-refractivity contribution in [3.63, 3.8) is 0 Å². The van der Waals surface area contributed by atoms with Gasteiger partial charge in [-0.3, -0.25) is 4.79 Å². The molecule has 0 unspecified atom stereocenters. The van der Waals surface area contributed by atoms with Crippen LogP contribution in [0.1, 0.15) is 30.1 Å². The van der Waals surface area contributed by atoms with Crippen LogP contribution in [0.15, 0.2) is 16.6 Å². The zero-order valence-corrected chi connectivity index (χ0v) is 12.4. The third kappa shape index (κ3) is 5.16. The highest BCUT2D eigenvalue weighted by Gasteiger charge is 2.12. The second-order valence-electron chi connectivity index (χ2n) is 4.08. The molecule has 4 nitrogen and oxygen atoms in total. The smallest absolute Gasteiger partial charge is 0.252 e. The molecule has 106 valence electrons. The minimum atomic E-state index is -0.550. The van der Waals surface area contributed by atoms with Gasteiger partial charge in [-0.25, -0.2) is 4.39 Å². The van der Waals surface area contributed by atoms with Gasteiger partial charge in [-0.2, -0.15) is 0 Å². The molecule has 0 radical (unpaired) electrons. The van der Waals surface area contributed by atoms with Crippen LogP contribution in [-0.4, -0.2) is 25.7 Å². The van der Waals surface area contributed by atoms with Crippen LogP contribution in [-0.2, 0) is 4.74 Å². The molecular weight excluding hydrogens is 315 g/mol. The van der Waals surface area contributed by atoms with Gasteiger partial charge in [0, 0.05) is 17.6 Å². The summed E-state index contributed by atoms with van der Waals surface area (Å²) in [5, 5.41) is 2.69. The van der Waals surface area contributed by atoms with E-state index in [-0.39, 0.29) is 11.6 Å². The van der Waals surface area contributed by atoms with Crippen molar-refractivity contribution in [3.8, 4) is 0 Å². The van der Waals surface area contributed by atoms with Crippen molar-refractivity contribution in [1.29, 1.82) is 0 Å². The second kappa shape index (κ2) is 8.12. The number of unbranched alkanes of at least 4 members (excludes halogenated alkanes) is 1. The topological polar surface area (TPSA) is 64.3 Å². The lowest BCUT2D eigenvalue weighted by Crippen LogP contribution is -2.27. The van der Waals surface area contributed by atoms with Gasteiger partial charge in [0.2, 0.25) is 0 Å². The summed E-state index contributed by atoms with van der Waals surface area (Å²) in [7, 11) is 0. The summed E-state index contributed by atoms with van der Waals surface area (Å²) in [5.74, 6) is -0.857. The number of nitrogens with one attached hydrogen (secondary N) is 1. The summed E-state index contributed by atoms with van der Waals surface area (Å²) < 4.78 is 18.8. The Hall–Kier alpha value is -1.14. The summed E-state index contributed by atoms with van der Waals surface area (Å²) in [5.41, 5.74) is 5.70. The Bertz CT molecular complexity index is 441. The van der Waals surface area contributed by atoms with E-state index >= 15 is 0 Å². The quantitative estimate of drug-likeness (QED) is 0.596. The number of benzene rings is 1. The van der Waals surface area contributed by atoms with Crippen molar-refractivity contribution in [2.45, 2.75) is 19.8 Å². The molecule has 0 aliphatic rings. The highest BCUT2D eigenvalue weighted by atomic mass is 79.9. The maximum atomic E-state index is 13.1. The number of carbonyl (C=O) groups excluding carboxylic acids is 1. The Balaban J connectivity index is 2.43. The molecule has 1 rings (SSSR count). The van der Waals surface area contributed by atoms with Gasteiger partial charge in [0.15, 0.2) is 0 Å². The van der Waals surface area contributed by atoms with E-state index < -0.39 is 5.82 Å². The minimum absolute atomic E-state index is 0.0486. The molecule has 0 aromatic heterocycles. The van der Waals surface area contributed by atoms with E-state index in [1.807, 2.05) is 0 Å². The molecule has 0 aliphatic carbocycles. The highest BCUT2D eigenvalue weighted by Crippen LogP contribution is 2.22. The molecule has 0 heterocycles. The molecule has 6 heteroatoms. The predicted molar refractivity (Wildman–Crippen MR) is 76.6 cm³/mol. The molecule has 0 aliphatic heterocycles. The lowest BCUT2D eigenvalue weighted by atomic mass is 10.2. The van der Waals surface area contributed by atoms with E-state index in [0.29, 0.717) is 29.8 Å². The number of nitrogens with two attached hydrogens (primary N) is 1. The van der Waals surface area contributed by atoms with Gasteiger partial charge >= 0.3 is 0 Å². The Morgan fingerprint density at radius 3 is 2.89 bits per heavy atom. The van der Waals surface area contributed by atoms with E-state index in [2.05, 4.69) is 28.2 Å². The number of rotatable bonds is 7.